The molecule has 2 saturated carbocycles. The van der Waals surface area contributed by atoms with E-state index in [9.17, 15) is 9.90 Å². The van der Waals surface area contributed by atoms with Gasteiger partial charge in [-0.3, -0.25) is 4.79 Å². The van der Waals surface area contributed by atoms with Gasteiger partial charge in [-0.15, -0.1) is 0 Å². The van der Waals surface area contributed by atoms with Gasteiger partial charge in [0, 0.05) is 24.6 Å². The third kappa shape index (κ3) is 3.05. The molecule has 1 amide bonds. The fourth-order valence-corrected chi connectivity index (χ4v) is 7.15. The summed E-state index contributed by atoms with van der Waals surface area (Å²) < 4.78 is 0. The van der Waals surface area contributed by atoms with Gasteiger partial charge in [0.2, 0.25) is 0 Å². The number of nitrogens with zero attached hydrogens (tertiary/aromatic N) is 1. The van der Waals surface area contributed by atoms with Crippen LogP contribution in [0.2, 0.25) is 0 Å². The largest absolute Gasteiger partial charge is 0.375 e. The summed E-state index contributed by atoms with van der Waals surface area (Å²) in [6.07, 6.45) is 6.81. The third-order valence-electron chi connectivity index (χ3n) is 8.95. The molecule has 33 heavy (non-hydrogen) atoms. The van der Waals surface area contributed by atoms with Crippen molar-refractivity contribution in [2.24, 2.45) is 17.6 Å². The van der Waals surface area contributed by atoms with Gasteiger partial charge in [0.25, 0.3) is 5.91 Å². The molecule has 2 aromatic carbocycles. The summed E-state index contributed by atoms with van der Waals surface area (Å²) in [5.41, 5.74) is 8.29. The van der Waals surface area contributed by atoms with Gasteiger partial charge in [0.15, 0.2) is 5.60 Å². The zero-order valence-electron chi connectivity index (χ0n) is 19.5. The van der Waals surface area contributed by atoms with E-state index in [0.29, 0.717) is 5.92 Å². The Morgan fingerprint density at radius 3 is 2.45 bits per heavy atom. The SMILES string of the molecule is CC1(N)c2ccc(Cc3ccccc3)cc2[C@@](O)(C2CCCCC2)C(=O)N1C12CNC[C@@H]1C2. The summed E-state index contributed by atoms with van der Waals surface area (Å²) in [4.78, 5) is 16.3. The topological polar surface area (TPSA) is 78.6 Å². The van der Waals surface area contributed by atoms with Crippen LogP contribution >= 0.6 is 0 Å². The number of aliphatic hydroxyl groups is 1. The quantitative estimate of drug-likeness (QED) is 0.674. The summed E-state index contributed by atoms with van der Waals surface area (Å²) in [7, 11) is 0. The highest BCUT2D eigenvalue weighted by Gasteiger charge is 2.70. The smallest absolute Gasteiger partial charge is 0.261 e. The Balaban J connectivity index is 1.49. The number of piperidine rings is 1. The lowest BCUT2D eigenvalue weighted by Gasteiger charge is -2.54. The van der Waals surface area contributed by atoms with Crippen LogP contribution in [0.15, 0.2) is 48.5 Å². The van der Waals surface area contributed by atoms with Crippen molar-refractivity contribution in [3.63, 3.8) is 0 Å². The van der Waals surface area contributed by atoms with Crippen LogP contribution < -0.4 is 11.1 Å². The molecule has 4 aliphatic rings. The molecule has 174 valence electrons. The fourth-order valence-electron chi connectivity index (χ4n) is 7.15. The second-order valence-corrected chi connectivity index (χ2v) is 11.1. The van der Waals surface area contributed by atoms with Crippen molar-refractivity contribution >= 4 is 5.91 Å². The molecule has 1 saturated heterocycles. The highest BCUT2D eigenvalue weighted by atomic mass is 16.3. The number of carbonyl (C=O) groups excluding carboxylic acids is 1. The molecule has 2 aliphatic heterocycles. The third-order valence-corrected chi connectivity index (χ3v) is 8.95. The molecule has 0 aromatic heterocycles. The van der Waals surface area contributed by atoms with Crippen molar-refractivity contribution in [2.75, 3.05) is 13.1 Å². The first-order valence-electron chi connectivity index (χ1n) is 12.6. The molecule has 4 atom stereocenters. The number of carbonyl (C=O) groups is 1. The van der Waals surface area contributed by atoms with Crippen molar-refractivity contribution in [3.05, 3.63) is 70.8 Å². The van der Waals surface area contributed by atoms with E-state index < -0.39 is 11.3 Å². The van der Waals surface area contributed by atoms with Crippen molar-refractivity contribution in [3.8, 4) is 0 Å². The number of benzene rings is 2. The van der Waals surface area contributed by atoms with Gasteiger partial charge in [0.05, 0.1) is 5.54 Å². The normalized spacial score (nSPS) is 35.9. The monoisotopic (exact) mass is 445 g/mol. The van der Waals surface area contributed by atoms with E-state index in [0.717, 1.165) is 68.3 Å². The van der Waals surface area contributed by atoms with Crippen LogP contribution in [0, 0.1) is 11.8 Å². The number of amides is 1. The van der Waals surface area contributed by atoms with Gasteiger partial charge in [-0.05, 0) is 55.2 Å². The van der Waals surface area contributed by atoms with Crippen LogP contribution in [0.25, 0.3) is 0 Å². The van der Waals surface area contributed by atoms with Crippen LogP contribution in [-0.2, 0) is 22.5 Å². The van der Waals surface area contributed by atoms with Gasteiger partial charge in [-0.1, -0.05) is 67.8 Å². The van der Waals surface area contributed by atoms with Crippen molar-refractivity contribution in [1.82, 2.24) is 10.2 Å². The highest BCUT2D eigenvalue weighted by molar-refractivity contribution is 5.91. The van der Waals surface area contributed by atoms with E-state index in [1.165, 1.54) is 12.0 Å². The lowest BCUT2D eigenvalue weighted by Crippen LogP contribution is -2.70. The van der Waals surface area contributed by atoms with Gasteiger partial charge in [0.1, 0.15) is 5.66 Å². The maximum atomic E-state index is 14.4. The molecule has 5 heteroatoms. The molecule has 2 aliphatic carbocycles. The maximum absolute atomic E-state index is 14.4. The lowest BCUT2D eigenvalue weighted by atomic mass is 9.67. The summed E-state index contributed by atoms with van der Waals surface area (Å²) in [6.45, 7) is 3.65. The molecule has 5 nitrogen and oxygen atoms in total. The number of hydrogen-bond donors (Lipinski definition) is 3. The molecule has 3 fully saturated rings. The number of rotatable bonds is 4. The Hall–Kier alpha value is -2.21. The van der Waals surface area contributed by atoms with Gasteiger partial charge in [-0.2, -0.15) is 0 Å². The van der Waals surface area contributed by atoms with Crippen molar-refractivity contribution in [1.29, 1.82) is 0 Å². The predicted molar refractivity (Wildman–Crippen MR) is 128 cm³/mol. The zero-order chi connectivity index (χ0) is 22.8. The summed E-state index contributed by atoms with van der Waals surface area (Å²) in [6, 6.07) is 16.6. The Kier molecular flexibility index (Phi) is 4.78. The first-order valence-corrected chi connectivity index (χ1v) is 12.6. The van der Waals surface area contributed by atoms with Gasteiger partial charge in [-0.25, -0.2) is 0 Å². The average molecular weight is 446 g/mol. The van der Waals surface area contributed by atoms with E-state index in [1.54, 1.807) is 0 Å². The molecule has 2 heterocycles. The molecular formula is C28H35N3O2. The van der Waals surface area contributed by atoms with Crippen LogP contribution in [-0.4, -0.2) is 34.5 Å². The number of nitrogens with two attached hydrogens (primary N) is 1. The van der Waals surface area contributed by atoms with Crippen molar-refractivity contribution < 1.29 is 9.90 Å². The second-order valence-electron chi connectivity index (χ2n) is 11.1. The number of fused-ring (bicyclic) bond motifs is 2. The molecule has 0 bridgehead atoms. The minimum absolute atomic E-state index is 0.0639. The van der Waals surface area contributed by atoms with Crippen molar-refractivity contribution in [2.45, 2.75) is 68.7 Å². The molecule has 2 unspecified atom stereocenters. The Morgan fingerprint density at radius 1 is 1.03 bits per heavy atom. The van der Waals surface area contributed by atoms with E-state index in [1.807, 2.05) is 30.0 Å². The molecule has 0 radical (unpaired) electrons. The minimum Gasteiger partial charge on any atom is -0.375 e. The van der Waals surface area contributed by atoms with Crippen LogP contribution in [0.4, 0.5) is 0 Å². The van der Waals surface area contributed by atoms with Gasteiger partial charge >= 0.3 is 0 Å². The van der Waals surface area contributed by atoms with Crippen LogP contribution in [0.5, 0.6) is 0 Å². The first kappa shape index (κ1) is 21.3. The molecule has 4 N–H and O–H groups in total. The Morgan fingerprint density at radius 2 is 1.79 bits per heavy atom. The van der Waals surface area contributed by atoms with E-state index >= 15 is 0 Å². The molecule has 0 spiro atoms. The molecule has 2 aromatic rings. The fraction of sp³-hybridized carbons (Fsp3) is 0.536. The Bertz CT molecular complexity index is 1080. The highest BCUT2D eigenvalue weighted by Crippen LogP contribution is 2.59. The second kappa shape index (κ2) is 7.39. The maximum Gasteiger partial charge on any atom is 0.261 e. The average Bonchev–Trinajstić information content (AvgIpc) is 3.37. The van der Waals surface area contributed by atoms with E-state index in [4.69, 9.17) is 5.73 Å². The van der Waals surface area contributed by atoms with Crippen LogP contribution in [0.1, 0.15) is 67.7 Å². The summed E-state index contributed by atoms with van der Waals surface area (Å²) in [5.74, 6) is 0.194. The number of hydrogen-bond acceptors (Lipinski definition) is 4. The van der Waals surface area contributed by atoms with Gasteiger partial charge < -0.3 is 21.1 Å². The lowest BCUT2D eigenvalue weighted by molar-refractivity contribution is -0.178. The summed E-state index contributed by atoms with van der Waals surface area (Å²) >= 11 is 0. The van der Waals surface area contributed by atoms with E-state index in [2.05, 4.69) is 35.6 Å². The van der Waals surface area contributed by atoms with E-state index in [-0.39, 0.29) is 17.4 Å². The number of nitrogens with one attached hydrogen (secondary N) is 1. The predicted octanol–water partition coefficient (Wildman–Crippen LogP) is 3.38. The first-order chi connectivity index (χ1) is 15.9. The molecule has 6 rings (SSSR count). The standard InChI is InChI=1S/C28H35N3O2/c1-26(29)23-13-12-20(14-19-8-4-2-5-9-19)15-24(23)28(33,21-10-6-3-7-11-21)25(32)31(26)27-16-22(27)17-30-18-27/h2,4-5,8-9,12-13,15,21-22,30,33H,3,6-7,10-11,14,16-18,29H2,1H3/t22-,26?,27?,28-/m0/s1. The minimum atomic E-state index is -1.51. The summed E-state index contributed by atoms with van der Waals surface area (Å²) in [5, 5.41) is 15.9. The molecular weight excluding hydrogens is 410 g/mol. The Labute approximate surface area is 196 Å². The zero-order valence-corrected chi connectivity index (χ0v) is 19.5. The van der Waals surface area contributed by atoms with Crippen LogP contribution in [0.3, 0.4) is 0 Å².